The summed E-state index contributed by atoms with van der Waals surface area (Å²) in [5, 5.41) is 9.67. The topological polar surface area (TPSA) is 48.2 Å². The van der Waals surface area contributed by atoms with E-state index in [9.17, 15) is 9.90 Å². The molecule has 0 fully saturated rings. The molecule has 5 rings (SSSR count). The van der Waals surface area contributed by atoms with E-state index in [-0.39, 0.29) is 18.6 Å². The molecule has 1 atom stereocenters. The number of nitrogens with zero attached hydrogens (tertiary/aromatic N) is 3. The standard InChI is InChI=1S/C27H27N3O2/c1-18(17-31)30-16-23-25(20-9-11-22(12-10-20)28(2)3)24-15-21(19-7-5-4-6-8-19)13-14-29(24)26(23)27(30)32/h4-15,18,31H,16-17H2,1-3H3. The second-order valence-corrected chi connectivity index (χ2v) is 8.64. The molecule has 0 aliphatic carbocycles. The summed E-state index contributed by atoms with van der Waals surface area (Å²) in [6.07, 6.45) is 2.00. The lowest BCUT2D eigenvalue weighted by atomic mass is 9.99. The Morgan fingerprint density at radius 2 is 1.69 bits per heavy atom. The number of rotatable bonds is 5. The van der Waals surface area contributed by atoms with Crippen molar-refractivity contribution in [3.05, 3.63) is 84.2 Å². The van der Waals surface area contributed by atoms with E-state index in [1.165, 1.54) is 0 Å². The van der Waals surface area contributed by atoms with Gasteiger partial charge in [-0.1, -0.05) is 42.5 Å². The van der Waals surface area contributed by atoms with Crippen LogP contribution in [-0.4, -0.2) is 47.1 Å². The average molecular weight is 426 g/mol. The van der Waals surface area contributed by atoms with Gasteiger partial charge in [0.2, 0.25) is 0 Å². The van der Waals surface area contributed by atoms with E-state index < -0.39 is 0 Å². The Bertz CT molecular complexity index is 1290. The molecule has 5 heteroatoms. The highest BCUT2D eigenvalue weighted by Crippen LogP contribution is 2.40. The Labute approximate surface area is 188 Å². The van der Waals surface area contributed by atoms with Crippen molar-refractivity contribution in [1.29, 1.82) is 0 Å². The van der Waals surface area contributed by atoms with E-state index in [0.717, 1.165) is 39.0 Å². The molecule has 1 N–H and O–H groups in total. The molecule has 0 saturated heterocycles. The number of amides is 1. The monoisotopic (exact) mass is 425 g/mol. The molecule has 3 heterocycles. The number of carbonyl (C=O) groups is 1. The fourth-order valence-corrected chi connectivity index (χ4v) is 4.58. The van der Waals surface area contributed by atoms with Crippen molar-refractivity contribution >= 4 is 17.1 Å². The first kappa shape index (κ1) is 20.3. The summed E-state index contributed by atoms with van der Waals surface area (Å²) in [6, 6.07) is 22.8. The summed E-state index contributed by atoms with van der Waals surface area (Å²) >= 11 is 0. The predicted octanol–water partition coefficient (Wildman–Crippen LogP) is 4.68. The van der Waals surface area contributed by atoms with E-state index in [1.807, 2.05) is 49.8 Å². The Morgan fingerprint density at radius 3 is 2.34 bits per heavy atom. The fourth-order valence-electron chi connectivity index (χ4n) is 4.58. The quantitative estimate of drug-likeness (QED) is 0.505. The maximum absolute atomic E-state index is 13.3. The van der Waals surface area contributed by atoms with Gasteiger partial charge in [0.1, 0.15) is 5.69 Å². The van der Waals surface area contributed by atoms with E-state index in [0.29, 0.717) is 12.2 Å². The normalized spacial score (nSPS) is 14.1. The second-order valence-electron chi connectivity index (χ2n) is 8.64. The summed E-state index contributed by atoms with van der Waals surface area (Å²) < 4.78 is 2.02. The molecule has 1 aliphatic rings. The molecule has 0 bridgehead atoms. The minimum Gasteiger partial charge on any atom is -0.394 e. The summed E-state index contributed by atoms with van der Waals surface area (Å²) in [4.78, 5) is 17.2. The van der Waals surface area contributed by atoms with Crippen molar-refractivity contribution in [2.24, 2.45) is 0 Å². The van der Waals surface area contributed by atoms with Crippen molar-refractivity contribution in [2.45, 2.75) is 19.5 Å². The van der Waals surface area contributed by atoms with Gasteiger partial charge in [0.25, 0.3) is 5.91 Å². The van der Waals surface area contributed by atoms with Crippen molar-refractivity contribution in [3.8, 4) is 22.3 Å². The number of aliphatic hydroxyl groups excluding tert-OH is 1. The number of hydrogen-bond acceptors (Lipinski definition) is 3. The van der Waals surface area contributed by atoms with Crippen molar-refractivity contribution in [1.82, 2.24) is 9.30 Å². The summed E-state index contributed by atoms with van der Waals surface area (Å²) in [7, 11) is 4.05. The fraction of sp³-hybridized carbons (Fsp3) is 0.222. The van der Waals surface area contributed by atoms with Crippen LogP contribution in [0.4, 0.5) is 5.69 Å². The van der Waals surface area contributed by atoms with Gasteiger partial charge in [0, 0.05) is 43.7 Å². The lowest BCUT2D eigenvalue weighted by Crippen LogP contribution is -2.36. The molecular weight excluding hydrogens is 398 g/mol. The molecular formula is C27H27N3O2. The SMILES string of the molecule is CC(CO)N1Cc2c(-c3ccc(N(C)C)cc3)c3cc(-c4ccccc4)ccn3c2C1=O. The third kappa shape index (κ3) is 3.17. The highest BCUT2D eigenvalue weighted by Gasteiger charge is 2.36. The van der Waals surface area contributed by atoms with Gasteiger partial charge in [-0.05, 0) is 47.9 Å². The van der Waals surface area contributed by atoms with E-state index in [1.54, 1.807) is 4.90 Å². The predicted molar refractivity (Wildman–Crippen MR) is 129 cm³/mol. The zero-order chi connectivity index (χ0) is 22.4. The lowest BCUT2D eigenvalue weighted by molar-refractivity contribution is 0.0638. The zero-order valence-electron chi connectivity index (χ0n) is 18.6. The van der Waals surface area contributed by atoms with Gasteiger partial charge in [0.15, 0.2) is 0 Å². The Hall–Kier alpha value is -3.57. The molecule has 0 saturated carbocycles. The Balaban J connectivity index is 1.73. The van der Waals surface area contributed by atoms with Crippen LogP contribution in [0.1, 0.15) is 23.0 Å². The largest absolute Gasteiger partial charge is 0.394 e. The van der Waals surface area contributed by atoms with Crippen LogP contribution in [0.25, 0.3) is 27.8 Å². The van der Waals surface area contributed by atoms with Crippen molar-refractivity contribution in [3.63, 3.8) is 0 Å². The third-order valence-electron chi connectivity index (χ3n) is 6.41. The van der Waals surface area contributed by atoms with E-state index in [4.69, 9.17) is 0 Å². The number of fused-ring (bicyclic) bond motifs is 3. The smallest absolute Gasteiger partial charge is 0.271 e. The first-order valence-corrected chi connectivity index (χ1v) is 10.9. The molecule has 162 valence electrons. The summed E-state index contributed by atoms with van der Waals surface area (Å²) in [5.74, 6) is -0.0276. The minimum absolute atomic E-state index is 0.0276. The highest BCUT2D eigenvalue weighted by molar-refractivity contribution is 6.04. The molecule has 1 amide bonds. The number of pyridine rings is 1. The van der Waals surface area contributed by atoms with Crippen LogP contribution < -0.4 is 4.90 Å². The van der Waals surface area contributed by atoms with Crippen LogP contribution in [0, 0.1) is 0 Å². The molecule has 1 unspecified atom stereocenters. The van der Waals surface area contributed by atoms with Gasteiger partial charge in [-0.2, -0.15) is 0 Å². The highest BCUT2D eigenvalue weighted by atomic mass is 16.3. The van der Waals surface area contributed by atoms with Gasteiger partial charge in [-0.3, -0.25) is 4.79 Å². The van der Waals surface area contributed by atoms with Crippen molar-refractivity contribution in [2.75, 3.05) is 25.6 Å². The molecule has 4 aromatic rings. The number of aliphatic hydroxyl groups is 1. The number of anilines is 1. The van der Waals surface area contributed by atoms with Crippen LogP contribution in [0.5, 0.6) is 0 Å². The number of carbonyl (C=O) groups excluding carboxylic acids is 1. The van der Waals surface area contributed by atoms with E-state index >= 15 is 0 Å². The maximum atomic E-state index is 13.3. The minimum atomic E-state index is -0.224. The molecule has 1 aliphatic heterocycles. The third-order valence-corrected chi connectivity index (χ3v) is 6.41. The molecule has 2 aromatic carbocycles. The van der Waals surface area contributed by atoms with Crippen LogP contribution in [0.15, 0.2) is 72.9 Å². The van der Waals surface area contributed by atoms with Gasteiger partial charge in [0.05, 0.1) is 18.2 Å². The number of aromatic nitrogens is 1. The molecule has 0 spiro atoms. The van der Waals surface area contributed by atoms with Crippen molar-refractivity contribution < 1.29 is 9.90 Å². The first-order chi connectivity index (χ1) is 15.5. The van der Waals surface area contributed by atoms with E-state index in [2.05, 4.69) is 53.4 Å². The van der Waals surface area contributed by atoms with Gasteiger partial charge in [-0.25, -0.2) is 0 Å². The Kier molecular flexibility index (Phi) is 4.98. The lowest BCUT2D eigenvalue weighted by Gasteiger charge is -2.23. The van der Waals surface area contributed by atoms with Crippen LogP contribution in [-0.2, 0) is 6.54 Å². The number of benzene rings is 2. The molecule has 2 aromatic heterocycles. The molecule has 32 heavy (non-hydrogen) atoms. The van der Waals surface area contributed by atoms with Crippen LogP contribution >= 0.6 is 0 Å². The number of hydrogen-bond donors (Lipinski definition) is 1. The first-order valence-electron chi connectivity index (χ1n) is 10.9. The maximum Gasteiger partial charge on any atom is 0.271 e. The average Bonchev–Trinajstić information content (AvgIpc) is 3.33. The summed E-state index contributed by atoms with van der Waals surface area (Å²) in [6.45, 7) is 2.34. The van der Waals surface area contributed by atoms with Gasteiger partial charge in [-0.15, -0.1) is 0 Å². The van der Waals surface area contributed by atoms with Crippen LogP contribution in [0.3, 0.4) is 0 Å². The second kappa shape index (κ2) is 7.84. The molecule has 5 nitrogen and oxygen atoms in total. The summed E-state index contributed by atoms with van der Waals surface area (Å²) in [5.41, 5.74) is 8.32. The Morgan fingerprint density at radius 1 is 0.969 bits per heavy atom. The zero-order valence-corrected chi connectivity index (χ0v) is 18.6. The van der Waals surface area contributed by atoms with Gasteiger partial charge >= 0.3 is 0 Å². The molecule has 0 radical (unpaired) electrons. The van der Waals surface area contributed by atoms with Gasteiger partial charge < -0.3 is 19.3 Å². The van der Waals surface area contributed by atoms with Crippen LogP contribution in [0.2, 0.25) is 0 Å².